The van der Waals surface area contributed by atoms with Crippen molar-refractivity contribution in [3.05, 3.63) is 71.4 Å². The number of nitrogens with two attached hydrogens (primary N) is 1. The van der Waals surface area contributed by atoms with Gasteiger partial charge in [-0.25, -0.2) is 9.97 Å². The van der Waals surface area contributed by atoms with E-state index in [0.29, 0.717) is 49.3 Å². The molecule has 0 aliphatic carbocycles. The number of benzene rings is 2. The van der Waals surface area contributed by atoms with Crippen LogP contribution in [-0.2, 0) is 0 Å². The van der Waals surface area contributed by atoms with Gasteiger partial charge in [-0.2, -0.15) is 0 Å². The molecule has 0 spiro atoms. The van der Waals surface area contributed by atoms with Crippen LogP contribution in [0.5, 0.6) is 0 Å². The van der Waals surface area contributed by atoms with Gasteiger partial charge in [-0.1, -0.05) is 23.7 Å². The van der Waals surface area contributed by atoms with E-state index in [-0.39, 0.29) is 5.91 Å². The van der Waals surface area contributed by atoms with Crippen LogP contribution in [0.15, 0.2) is 60.8 Å². The normalized spacial score (nSPS) is 16.3. The van der Waals surface area contributed by atoms with Crippen LogP contribution in [-0.4, -0.2) is 69.2 Å². The minimum Gasteiger partial charge on any atom is -0.375 e. The first-order valence-corrected chi connectivity index (χ1v) is 11.1. The average Bonchev–Trinajstić information content (AvgIpc) is 2.79. The molecule has 1 aliphatic heterocycles. The number of aromatic nitrogens is 2. The first-order valence-electron chi connectivity index (χ1n) is 10.8. The summed E-state index contributed by atoms with van der Waals surface area (Å²) in [6.07, 6.45) is 1.70. The van der Waals surface area contributed by atoms with E-state index in [4.69, 9.17) is 17.3 Å². The summed E-state index contributed by atoms with van der Waals surface area (Å²) in [6.45, 7) is 4.52. The summed E-state index contributed by atoms with van der Waals surface area (Å²) in [5.41, 5.74) is 7.59. The van der Waals surface area contributed by atoms with Gasteiger partial charge in [0.2, 0.25) is 5.95 Å². The maximum Gasteiger partial charge on any atom is 0.253 e. The Morgan fingerprint density at radius 2 is 1.76 bits per heavy atom. The second-order valence-corrected chi connectivity index (χ2v) is 8.84. The van der Waals surface area contributed by atoms with Gasteiger partial charge in [0.25, 0.3) is 5.91 Å². The van der Waals surface area contributed by atoms with E-state index in [1.807, 2.05) is 47.4 Å². The van der Waals surface area contributed by atoms with Crippen molar-refractivity contribution in [2.75, 3.05) is 38.0 Å². The number of nitrogens with zero attached hydrogens (tertiary/aromatic N) is 4. The molecule has 1 saturated heterocycles. The lowest BCUT2D eigenvalue weighted by Gasteiger charge is -2.37. The topological polar surface area (TPSA) is 108 Å². The van der Waals surface area contributed by atoms with Crippen LogP contribution in [0.4, 0.5) is 11.6 Å². The van der Waals surface area contributed by atoms with Crippen molar-refractivity contribution in [1.29, 1.82) is 0 Å². The Morgan fingerprint density at radius 3 is 2.39 bits per heavy atom. The van der Waals surface area contributed by atoms with Gasteiger partial charge < -0.3 is 21.1 Å². The van der Waals surface area contributed by atoms with E-state index in [1.54, 1.807) is 25.3 Å². The number of piperazine rings is 1. The van der Waals surface area contributed by atoms with Gasteiger partial charge in [-0.15, -0.1) is 0 Å². The molecule has 4 N–H and O–H groups in total. The largest absolute Gasteiger partial charge is 0.375 e. The van der Waals surface area contributed by atoms with Crippen LogP contribution < -0.4 is 11.1 Å². The van der Waals surface area contributed by atoms with Crippen molar-refractivity contribution in [1.82, 2.24) is 19.8 Å². The highest BCUT2D eigenvalue weighted by Gasteiger charge is 2.25. The minimum atomic E-state index is -1.23. The van der Waals surface area contributed by atoms with E-state index >= 15 is 0 Å². The highest BCUT2D eigenvalue weighted by atomic mass is 35.5. The van der Waals surface area contributed by atoms with E-state index in [0.717, 1.165) is 16.9 Å². The van der Waals surface area contributed by atoms with Crippen molar-refractivity contribution < 1.29 is 9.90 Å². The zero-order valence-electron chi connectivity index (χ0n) is 18.4. The molecule has 8 nitrogen and oxygen atoms in total. The van der Waals surface area contributed by atoms with Crippen LogP contribution in [0.1, 0.15) is 17.3 Å². The van der Waals surface area contributed by atoms with Gasteiger partial charge in [0.15, 0.2) is 0 Å². The van der Waals surface area contributed by atoms with Gasteiger partial charge in [-0.05, 0) is 49.4 Å². The van der Waals surface area contributed by atoms with Crippen LogP contribution in [0.3, 0.4) is 0 Å². The second-order valence-electron chi connectivity index (χ2n) is 8.40. The Kier molecular flexibility index (Phi) is 6.90. The smallest absolute Gasteiger partial charge is 0.253 e. The van der Waals surface area contributed by atoms with Crippen LogP contribution >= 0.6 is 11.6 Å². The zero-order chi connectivity index (χ0) is 23.4. The maximum atomic E-state index is 12.9. The van der Waals surface area contributed by atoms with E-state index in [9.17, 15) is 9.90 Å². The van der Waals surface area contributed by atoms with Crippen molar-refractivity contribution in [3.8, 4) is 11.3 Å². The van der Waals surface area contributed by atoms with Crippen LogP contribution in [0.2, 0.25) is 5.02 Å². The Hall–Kier alpha value is -3.04. The number of hydrogen-bond acceptors (Lipinski definition) is 7. The number of amides is 1. The first kappa shape index (κ1) is 23.1. The summed E-state index contributed by atoms with van der Waals surface area (Å²) >= 11 is 5.96. The van der Waals surface area contributed by atoms with Crippen molar-refractivity contribution >= 4 is 29.1 Å². The number of rotatable bonds is 6. The predicted molar refractivity (Wildman–Crippen MR) is 129 cm³/mol. The van der Waals surface area contributed by atoms with Gasteiger partial charge in [0, 0.05) is 60.8 Å². The summed E-state index contributed by atoms with van der Waals surface area (Å²) in [5, 5.41) is 13.6. The van der Waals surface area contributed by atoms with Crippen molar-refractivity contribution in [3.63, 3.8) is 0 Å². The van der Waals surface area contributed by atoms with Crippen molar-refractivity contribution in [2.45, 2.75) is 12.6 Å². The Bertz CT molecular complexity index is 1090. The molecule has 3 aromatic rings. The molecule has 1 aliphatic rings. The zero-order valence-corrected chi connectivity index (χ0v) is 19.2. The molecule has 1 amide bonds. The molecule has 0 radical (unpaired) electrons. The number of aliphatic hydroxyl groups is 1. The molecular weight excluding hydrogens is 440 g/mol. The summed E-state index contributed by atoms with van der Waals surface area (Å²) in [7, 11) is 0. The number of anilines is 2. The number of carbonyl (C=O) groups is 1. The lowest BCUT2D eigenvalue weighted by atomic mass is 10.1. The average molecular weight is 467 g/mol. The summed E-state index contributed by atoms with van der Waals surface area (Å²) in [4.78, 5) is 25.6. The molecule has 4 rings (SSSR count). The highest BCUT2D eigenvalue weighted by Crippen LogP contribution is 2.22. The first-order chi connectivity index (χ1) is 15.8. The van der Waals surface area contributed by atoms with Gasteiger partial charge in [0.1, 0.15) is 5.72 Å². The maximum absolute atomic E-state index is 12.9. The fourth-order valence-electron chi connectivity index (χ4n) is 3.77. The van der Waals surface area contributed by atoms with E-state index in [2.05, 4.69) is 20.2 Å². The molecule has 0 bridgehead atoms. The number of carbonyl (C=O) groups excluding carboxylic acids is 1. The third kappa shape index (κ3) is 6.27. The molecule has 1 atom stereocenters. The highest BCUT2D eigenvalue weighted by molar-refractivity contribution is 6.30. The van der Waals surface area contributed by atoms with Crippen molar-refractivity contribution in [2.24, 2.45) is 5.73 Å². The summed E-state index contributed by atoms with van der Waals surface area (Å²) < 4.78 is 0. The standard InChI is InChI=1S/C24H27ClN6O2/c1-24(26,33)16-30-12-14-31(15-13-30)22(32)18-4-8-20(9-5-18)28-23-27-11-10-21(29-23)17-2-6-19(25)7-3-17/h2-11,33H,12-16,26H2,1H3,(H,27,28,29). The summed E-state index contributed by atoms with van der Waals surface area (Å²) in [5.74, 6) is 0.454. The molecule has 2 heterocycles. The Morgan fingerprint density at radius 1 is 1.09 bits per heavy atom. The fourth-order valence-corrected chi connectivity index (χ4v) is 3.90. The molecular formula is C24H27ClN6O2. The van der Waals surface area contributed by atoms with Crippen LogP contribution in [0, 0.1) is 0 Å². The molecule has 1 unspecified atom stereocenters. The fraction of sp³-hybridized carbons (Fsp3) is 0.292. The van der Waals surface area contributed by atoms with Crippen LogP contribution in [0.25, 0.3) is 11.3 Å². The number of hydrogen-bond donors (Lipinski definition) is 3. The Balaban J connectivity index is 1.36. The quantitative estimate of drug-likeness (QED) is 0.479. The molecule has 172 valence electrons. The molecule has 9 heteroatoms. The summed E-state index contributed by atoms with van der Waals surface area (Å²) in [6, 6.07) is 16.6. The lowest BCUT2D eigenvalue weighted by molar-refractivity contribution is 0.00962. The van der Waals surface area contributed by atoms with Gasteiger partial charge >= 0.3 is 0 Å². The Labute approximate surface area is 198 Å². The monoisotopic (exact) mass is 466 g/mol. The predicted octanol–water partition coefficient (Wildman–Crippen LogP) is 2.97. The molecule has 0 saturated carbocycles. The number of nitrogens with one attached hydrogen (secondary N) is 1. The third-order valence-corrected chi connectivity index (χ3v) is 5.64. The second kappa shape index (κ2) is 9.84. The molecule has 1 aromatic heterocycles. The number of halogens is 1. The molecule has 1 fully saturated rings. The number of β-amino-alcohol motifs (C(OH)–C–C–N with tert-alkyl or cyclic N) is 1. The third-order valence-electron chi connectivity index (χ3n) is 5.39. The molecule has 2 aromatic carbocycles. The van der Waals surface area contributed by atoms with Gasteiger partial charge in [0.05, 0.1) is 5.69 Å². The van der Waals surface area contributed by atoms with E-state index in [1.165, 1.54) is 0 Å². The SMILES string of the molecule is CC(N)(O)CN1CCN(C(=O)c2ccc(Nc3nccc(-c4ccc(Cl)cc4)n3)cc2)CC1. The molecule has 33 heavy (non-hydrogen) atoms. The lowest BCUT2D eigenvalue weighted by Crippen LogP contribution is -2.55. The van der Waals surface area contributed by atoms with E-state index < -0.39 is 5.72 Å². The minimum absolute atomic E-state index is 0.0123. The van der Waals surface area contributed by atoms with Gasteiger partial charge in [-0.3, -0.25) is 9.69 Å².